The highest BCUT2D eigenvalue weighted by atomic mass is 79.9. The first-order valence-electron chi connectivity index (χ1n) is 4.94. The minimum absolute atomic E-state index is 0.0269. The highest BCUT2D eigenvalue weighted by Gasteiger charge is 2.46. The zero-order valence-corrected chi connectivity index (χ0v) is 9.93. The van der Waals surface area contributed by atoms with Crippen molar-refractivity contribution < 1.29 is 14.3 Å². The maximum absolute atomic E-state index is 11.7. The van der Waals surface area contributed by atoms with E-state index >= 15 is 0 Å². The van der Waals surface area contributed by atoms with E-state index in [4.69, 9.17) is 4.74 Å². The van der Waals surface area contributed by atoms with E-state index in [9.17, 15) is 9.59 Å². The molecule has 0 amide bonds. The van der Waals surface area contributed by atoms with Crippen LogP contribution in [0.25, 0.3) is 0 Å². The van der Waals surface area contributed by atoms with Crippen molar-refractivity contribution in [1.29, 1.82) is 0 Å². The lowest BCUT2D eigenvalue weighted by atomic mass is 9.74. The lowest BCUT2D eigenvalue weighted by molar-refractivity contribution is -0.160. The number of ketones is 1. The van der Waals surface area contributed by atoms with Crippen LogP contribution in [0.1, 0.15) is 32.6 Å². The van der Waals surface area contributed by atoms with Crippen molar-refractivity contribution in [1.82, 2.24) is 0 Å². The Hall–Kier alpha value is -0.380. The number of hydrogen-bond donors (Lipinski definition) is 0. The molecule has 0 saturated heterocycles. The molecule has 0 radical (unpaired) electrons. The third kappa shape index (κ3) is 2.00. The average molecular weight is 263 g/mol. The molecule has 1 atom stereocenters. The Morgan fingerprint density at radius 3 is 2.79 bits per heavy atom. The Morgan fingerprint density at radius 1 is 1.57 bits per heavy atom. The number of rotatable bonds is 3. The lowest BCUT2D eigenvalue weighted by Crippen LogP contribution is -2.44. The van der Waals surface area contributed by atoms with Gasteiger partial charge in [0.2, 0.25) is 0 Å². The maximum Gasteiger partial charge on any atom is 0.320 e. The fourth-order valence-electron chi connectivity index (χ4n) is 1.77. The molecular weight excluding hydrogens is 248 g/mol. The molecule has 0 aliphatic heterocycles. The van der Waals surface area contributed by atoms with Gasteiger partial charge in [-0.05, 0) is 19.8 Å². The molecule has 1 rings (SSSR count). The Labute approximate surface area is 92.3 Å². The van der Waals surface area contributed by atoms with Crippen LogP contribution < -0.4 is 0 Å². The number of ether oxygens (including phenoxy) is 1. The Bertz CT molecular complexity index is 240. The van der Waals surface area contributed by atoms with E-state index in [0.29, 0.717) is 24.8 Å². The first-order chi connectivity index (χ1) is 6.67. The predicted octanol–water partition coefficient (Wildman–Crippen LogP) is 2.07. The molecular formula is C10H15BrO3. The van der Waals surface area contributed by atoms with E-state index in [1.807, 2.05) is 0 Å². The highest BCUT2D eigenvalue weighted by molar-refractivity contribution is 9.09. The molecule has 4 heteroatoms. The van der Waals surface area contributed by atoms with E-state index in [0.717, 1.165) is 12.8 Å². The Kier molecular flexibility index (Phi) is 4.11. The predicted molar refractivity (Wildman–Crippen MR) is 56.3 cm³/mol. The molecule has 80 valence electrons. The Balaban J connectivity index is 2.82. The minimum Gasteiger partial charge on any atom is -0.465 e. The molecule has 0 heterocycles. The average Bonchev–Trinajstić information content (AvgIpc) is 2.19. The summed E-state index contributed by atoms with van der Waals surface area (Å²) in [5.41, 5.74) is -0.895. The van der Waals surface area contributed by atoms with Crippen molar-refractivity contribution in [2.75, 3.05) is 11.9 Å². The van der Waals surface area contributed by atoms with Crippen molar-refractivity contribution >= 4 is 27.7 Å². The van der Waals surface area contributed by atoms with Gasteiger partial charge in [0.05, 0.1) is 6.61 Å². The monoisotopic (exact) mass is 262 g/mol. The summed E-state index contributed by atoms with van der Waals surface area (Å²) in [4.78, 5) is 23.4. The number of carbonyl (C=O) groups excluding carboxylic acids is 2. The van der Waals surface area contributed by atoms with E-state index in [1.54, 1.807) is 6.92 Å². The van der Waals surface area contributed by atoms with Gasteiger partial charge in [0.15, 0.2) is 5.78 Å². The van der Waals surface area contributed by atoms with Crippen molar-refractivity contribution in [3.05, 3.63) is 0 Å². The molecule has 1 aliphatic carbocycles. The molecule has 0 N–H and O–H groups in total. The van der Waals surface area contributed by atoms with Gasteiger partial charge in [-0.15, -0.1) is 0 Å². The second-order valence-electron chi connectivity index (χ2n) is 3.57. The SMILES string of the molecule is CCOC(=O)C1(CBr)CCCCC1=O. The number of alkyl halides is 1. The summed E-state index contributed by atoms with van der Waals surface area (Å²) >= 11 is 3.26. The van der Waals surface area contributed by atoms with Crippen LogP contribution in [-0.4, -0.2) is 23.7 Å². The van der Waals surface area contributed by atoms with Crippen LogP contribution in [0.5, 0.6) is 0 Å². The minimum atomic E-state index is -0.895. The summed E-state index contributed by atoms with van der Waals surface area (Å²) in [6.45, 7) is 2.09. The number of carbonyl (C=O) groups is 2. The molecule has 0 aromatic carbocycles. The van der Waals surface area contributed by atoms with Crippen LogP contribution in [-0.2, 0) is 14.3 Å². The standard InChI is InChI=1S/C10H15BrO3/c1-2-14-9(13)10(7-11)6-4-3-5-8(10)12/h2-7H2,1H3. The molecule has 3 nitrogen and oxygen atoms in total. The summed E-state index contributed by atoms with van der Waals surface area (Å²) in [7, 11) is 0. The van der Waals surface area contributed by atoms with Crippen LogP contribution in [0.15, 0.2) is 0 Å². The van der Waals surface area contributed by atoms with Gasteiger partial charge in [0, 0.05) is 11.8 Å². The summed E-state index contributed by atoms with van der Waals surface area (Å²) < 4.78 is 4.96. The largest absolute Gasteiger partial charge is 0.465 e. The number of Topliss-reactive ketones (excluding diaryl/α,β-unsaturated/α-hetero) is 1. The molecule has 0 aromatic heterocycles. The molecule has 1 saturated carbocycles. The van der Waals surface area contributed by atoms with Gasteiger partial charge in [0.25, 0.3) is 0 Å². The molecule has 1 aliphatic rings. The second-order valence-corrected chi connectivity index (χ2v) is 4.13. The zero-order valence-electron chi connectivity index (χ0n) is 8.35. The topological polar surface area (TPSA) is 43.4 Å². The Morgan fingerprint density at radius 2 is 2.29 bits per heavy atom. The fraction of sp³-hybridized carbons (Fsp3) is 0.800. The summed E-state index contributed by atoms with van der Waals surface area (Å²) in [5, 5.41) is 0.387. The van der Waals surface area contributed by atoms with E-state index in [-0.39, 0.29) is 11.8 Å². The zero-order chi connectivity index (χ0) is 10.6. The van der Waals surface area contributed by atoms with Crippen molar-refractivity contribution in [2.24, 2.45) is 5.41 Å². The van der Waals surface area contributed by atoms with Gasteiger partial charge < -0.3 is 4.74 Å². The van der Waals surface area contributed by atoms with Gasteiger partial charge in [-0.2, -0.15) is 0 Å². The number of esters is 1. The van der Waals surface area contributed by atoms with Crippen molar-refractivity contribution in [3.63, 3.8) is 0 Å². The third-order valence-corrected chi connectivity index (χ3v) is 3.64. The highest BCUT2D eigenvalue weighted by Crippen LogP contribution is 2.36. The normalized spacial score (nSPS) is 27.4. The summed E-state index contributed by atoms with van der Waals surface area (Å²) in [6, 6.07) is 0. The first kappa shape index (κ1) is 11.7. The first-order valence-corrected chi connectivity index (χ1v) is 6.06. The van der Waals surface area contributed by atoms with Crippen LogP contribution in [0.3, 0.4) is 0 Å². The smallest absolute Gasteiger partial charge is 0.320 e. The molecule has 0 bridgehead atoms. The lowest BCUT2D eigenvalue weighted by Gasteiger charge is -2.31. The molecule has 14 heavy (non-hydrogen) atoms. The van der Waals surface area contributed by atoms with Gasteiger partial charge in [-0.1, -0.05) is 22.4 Å². The second kappa shape index (κ2) is 4.91. The van der Waals surface area contributed by atoms with Gasteiger partial charge in [-0.25, -0.2) is 0 Å². The summed E-state index contributed by atoms with van der Waals surface area (Å²) in [6.07, 6.45) is 2.95. The summed E-state index contributed by atoms with van der Waals surface area (Å²) in [5.74, 6) is -0.333. The van der Waals surface area contributed by atoms with Crippen LogP contribution in [0.2, 0.25) is 0 Å². The third-order valence-electron chi connectivity index (χ3n) is 2.69. The van der Waals surface area contributed by atoms with Gasteiger partial charge in [0.1, 0.15) is 5.41 Å². The fourth-order valence-corrected chi connectivity index (χ4v) is 2.59. The van der Waals surface area contributed by atoms with Crippen LogP contribution in [0.4, 0.5) is 0 Å². The molecule has 0 aromatic rings. The molecule has 0 spiro atoms. The van der Waals surface area contributed by atoms with E-state index < -0.39 is 5.41 Å². The van der Waals surface area contributed by atoms with Gasteiger partial charge >= 0.3 is 5.97 Å². The quantitative estimate of drug-likeness (QED) is 0.445. The van der Waals surface area contributed by atoms with Crippen LogP contribution in [0, 0.1) is 5.41 Å². The maximum atomic E-state index is 11.7. The van der Waals surface area contributed by atoms with E-state index in [2.05, 4.69) is 15.9 Å². The van der Waals surface area contributed by atoms with Crippen LogP contribution >= 0.6 is 15.9 Å². The molecule has 1 fully saturated rings. The van der Waals surface area contributed by atoms with Crippen molar-refractivity contribution in [2.45, 2.75) is 32.6 Å². The van der Waals surface area contributed by atoms with E-state index in [1.165, 1.54) is 0 Å². The number of hydrogen-bond acceptors (Lipinski definition) is 3. The molecule has 1 unspecified atom stereocenters. The van der Waals surface area contributed by atoms with Crippen molar-refractivity contribution in [3.8, 4) is 0 Å². The number of halogens is 1. The van der Waals surface area contributed by atoms with Gasteiger partial charge in [-0.3, -0.25) is 9.59 Å².